The molecule has 3 unspecified atom stereocenters. The van der Waals surface area contributed by atoms with Gasteiger partial charge in [-0.15, -0.1) is 0 Å². The Kier molecular flexibility index (Phi) is 6.31. The zero-order valence-corrected chi connectivity index (χ0v) is 10.9. The van der Waals surface area contributed by atoms with Gasteiger partial charge >= 0.3 is 0 Å². The predicted molar refractivity (Wildman–Crippen MR) is 68.1 cm³/mol. The molecular formula is C14H29N. The van der Waals surface area contributed by atoms with E-state index in [1.807, 2.05) is 0 Å². The molecule has 0 radical (unpaired) electrons. The van der Waals surface area contributed by atoms with Crippen molar-refractivity contribution in [3.63, 3.8) is 0 Å². The Morgan fingerprint density at radius 3 is 2.60 bits per heavy atom. The highest BCUT2D eigenvalue weighted by atomic mass is 14.9. The molecule has 0 amide bonds. The fraction of sp³-hybridized carbons (Fsp3) is 1.00. The molecular weight excluding hydrogens is 182 g/mol. The summed E-state index contributed by atoms with van der Waals surface area (Å²) in [6.45, 7) is 8.10. The Morgan fingerprint density at radius 2 is 1.93 bits per heavy atom. The van der Waals surface area contributed by atoms with Crippen LogP contribution in [0.1, 0.15) is 65.7 Å². The summed E-state index contributed by atoms with van der Waals surface area (Å²) in [7, 11) is 0. The van der Waals surface area contributed by atoms with E-state index in [1.54, 1.807) is 0 Å². The average molecular weight is 211 g/mol. The summed E-state index contributed by atoms with van der Waals surface area (Å²) in [5, 5.41) is 3.68. The van der Waals surface area contributed by atoms with Crippen molar-refractivity contribution in [1.82, 2.24) is 5.32 Å². The third-order valence-electron chi connectivity index (χ3n) is 3.89. The summed E-state index contributed by atoms with van der Waals surface area (Å²) in [6.07, 6.45) is 9.97. The Balaban J connectivity index is 2.32. The molecule has 0 bridgehead atoms. The Bertz CT molecular complexity index is 155. The first-order chi connectivity index (χ1) is 7.27. The highest BCUT2D eigenvalue weighted by Gasteiger charge is 2.27. The first-order valence-electron chi connectivity index (χ1n) is 7.01. The van der Waals surface area contributed by atoms with Gasteiger partial charge in [-0.05, 0) is 44.1 Å². The smallest absolute Gasteiger partial charge is 0.00954 e. The van der Waals surface area contributed by atoms with Crippen molar-refractivity contribution in [3.05, 3.63) is 0 Å². The van der Waals surface area contributed by atoms with Crippen LogP contribution in [0.5, 0.6) is 0 Å². The van der Waals surface area contributed by atoms with Gasteiger partial charge in [0.05, 0.1) is 0 Å². The van der Waals surface area contributed by atoms with Gasteiger partial charge in [0.1, 0.15) is 0 Å². The zero-order valence-electron chi connectivity index (χ0n) is 10.9. The second kappa shape index (κ2) is 7.27. The maximum atomic E-state index is 3.68. The van der Waals surface area contributed by atoms with Crippen molar-refractivity contribution >= 4 is 0 Å². The molecule has 0 aromatic carbocycles. The van der Waals surface area contributed by atoms with E-state index in [0.717, 1.165) is 24.4 Å². The molecule has 3 atom stereocenters. The van der Waals surface area contributed by atoms with E-state index in [9.17, 15) is 0 Å². The van der Waals surface area contributed by atoms with Crippen LogP contribution in [-0.4, -0.2) is 12.6 Å². The molecule has 1 heteroatoms. The maximum Gasteiger partial charge on any atom is 0.00954 e. The van der Waals surface area contributed by atoms with Gasteiger partial charge in [0, 0.05) is 6.04 Å². The lowest BCUT2D eigenvalue weighted by Crippen LogP contribution is -2.40. The van der Waals surface area contributed by atoms with Gasteiger partial charge in [-0.25, -0.2) is 0 Å². The molecule has 1 aliphatic carbocycles. The molecule has 90 valence electrons. The summed E-state index contributed by atoms with van der Waals surface area (Å²) < 4.78 is 0. The van der Waals surface area contributed by atoms with E-state index < -0.39 is 0 Å². The predicted octanol–water partition coefficient (Wildman–Crippen LogP) is 3.98. The van der Waals surface area contributed by atoms with E-state index in [0.29, 0.717) is 0 Å². The lowest BCUT2D eigenvalue weighted by atomic mass is 9.76. The molecule has 0 aliphatic heterocycles. The fourth-order valence-corrected chi connectivity index (χ4v) is 3.01. The third-order valence-corrected chi connectivity index (χ3v) is 3.89. The Labute approximate surface area is 96.0 Å². The molecule has 0 heterocycles. The summed E-state index contributed by atoms with van der Waals surface area (Å²) in [5.74, 6) is 1.92. The molecule has 0 aromatic rings. The van der Waals surface area contributed by atoms with Crippen LogP contribution < -0.4 is 5.32 Å². The number of rotatable bonds is 6. The van der Waals surface area contributed by atoms with Crippen LogP contribution in [0, 0.1) is 11.8 Å². The number of hydrogen-bond donors (Lipinski definition) is 1. The van der Waals surface area contributed by atoms with Crippen molar-refractivity contribution in [2.75, 3.05) is 6.54 Å². The maximum absolute atomic E-state index is 3.68. The molecule has 1 rings (SSSR count). The zero-order chi connectivity index (χ0) is 11.1. The first kappa shape index (κ1) is 13.0. The fourth-order valence-electron chi connectivity index (χ4n) is 3.01. The SMILES string of the molecule is CCCCCC1CC(C)CCC1NCC. The average Bonchev–Trinajstić information content (AvgIpc) is 2.22. The quantitative estimate of drug-likeness (QED) is 0.655. The molecule has 0 aromatic heterocycles. The highest BCUT2D eigenvalue weighted by molar-refractivity contribution is 4.83. The van der Waals surface area contributed by atoms with Crippen LogP contribution >= 0.6 is 0 Å². The van der Waals surface area contributed by atoms with Gasteiger partial charge in [-0.2, -0.15) is 0 Å². The topological polar surface area (TPSA) is 12.0 Å². The minimum absolute atomic E-state index is 0.822. The molecule has 1 saturated carbocycles. The standard InChI is InChI=1S/C14H29N/c1-4-6-7-8-13-11-12(3)9-10-14(13)15-5-2/h12-15H,4-11H2,1-3H3. The summed E-state index contributed by atoms with van der Waals surface area (Å²) in [4.78, 5) is 0. The van der Waals surface area contributed by atoms with E-state index in [-0.39, 0.29) is 0 Å². The van der Waals surface area contributed by atoms with Crippen LogP contribution in [0.25, 0.3) is 0 Å². The second-order valence-electron chi connectivity index (χ2n) is 5.34. The molecule has 15 heavy (non-hydrogen) atoms. The van der Waals surface area contributed by atoms with Crippen molar-refractivity contribution in [2.45, 2.75) is 71.8 Å². The Hall–Kier alpha value is -0.0400. The summed E-state index contributed by atoms with van der Waals surface area (Å²) in [5.41, 5.74) is 0. The second-order valence-corrected chi connectivity index (χ2v) is 5.34. The molecule has 0 saturated heterocycles. The van der Waals surface area contributed by atoms with Gasteiger partial charge in [-0.1, -0.05) is 40.0 Å². The minimum Gasteiger partial charge on any atom is -0.314 e. The minimum atomic E-state index is 0.822. The number of nitrogens with one attached hydrogen (secondary N) is 1. The summed E-state index contributed by atoms with van der Waals surface area (Å²) >= 11 is 0. The van der Waals surface area contributed by atoms with Crippen LogP contribution in [0.2, 0.25) is 0 Å². The van der Waals surface area contributed by atoms with Gasteiger partial charge in [-0.3, -0.25) is 0 Å². The van der Waals surface area contributed by atoms with Crippen molar-refractivity contribution < 1.29 is 0 Å². The van der Waals surface area contributed by atoms with E-state index in [4.69, 9.17) is 0 Å². The van der Waals surface area contributed by atoms with Gasteiger partial charge in [0.25, 0.3) is 0 Å². The molecule has 1 fully saturated rings. The number of unbranched alkanes of at least 4 members (excludes halogenated alkanes) is 2. The van der Waals surface area contributed by atoms with Crippen LogP contribution in [0.4, 0.5) is 0 Å². The van der Waals surface area contributed by atoms with Crippen LogP contribution in [-0.2, 0) is 0 Å². The van der Waals surface area contributed by atoms with Gasteiger partial charge < -0.3 is 5.32 Å². The van der Waals surface area contributed by atoms with Gasteiger partial charge in [0.15, 0.2) is 0 Å². The normalized spacial score (nSPS) is 31.8. The monoisotopic (exact) mass is 211 g/mol. The van der Waals surface area contributed by atoms with E-state index in [2.05, 4.69) is 26.1 Å². The lowest BCUT2D eigenvalue weighted by Gasteiger charge is -2.35. The van der Waals surface area contributed by atoms with Crippen LogP contribution in [0.3, 0.4) is 0 Å². The van der Waals surface area contributed by atoms with Crippen LogP contribution in [0.15, 0.2) is 0 Å². The summed E-state index contributed by atoms with van der Waals surface area (Å²) in [6, 6.07) is 0.822. The van der Waals surface area contributed by atoms with E-state index >= 15 is 0 Å². The molecule has 1 aliphatic rings. The first-order valence-corrected chi connectivity index (χ1v) is 7.01. The lowest BCUT2D eigenvalue weighted by molar-refractivity contribution is 0.201. The molecule has 1 N–H and O–H groups in total. The largest absolute Gasteiger partial charge is 0.314 e. The molecule has 0 spiro atoms. The van der Waals surface area contributed by atoms with Crippen molar-refractivity contribution in [3.8, 4) is 0 Å². The van der Waals surface area contributed by atoms with Crippen molar-refractivity contribution in [1.29, 1.82) is 0 Å². The van der Waals surface area contributed by atoms with Gasteiger partial charge in [0.2, 0.25) is 0 Å². The van der Waals surface area contributed by atoms with E-state index in [1.165, 1.54) is 44.9 Å². The Morgan fingerprint density at radius 1 is 1.13 bits per heavy atom. The molecule has 1 nitrogen and oxygen atoms in total. The third kappa shape index (κ3) is 4.55. The number of hydrogen-bond acceptors (Lipinski definition) is 1. The highest BCUT2D eigenvalue weighted by Crippen LogP contribution is 2.32. The van der Waals surface area contributed by atoms with Crippen molar-refractivity contribution in [2.24, 2.45) is 11.8 Å².